The minimum atomic E-state index is -0.905. The molecule has 10 nitrogen and oxygen atoms in total. The molecular weight excluding hydrogens is 576 g/mol. The maximum Gasteiger partial charge on any atom is 0.303 e. The molecule has 0 radical (unpaired) electrons. The number of aliphatic hydroxyl groups is 1. The molecule has 240 valence electrons. The number of ether oxygens (including phenoxy) is 5. The average Bonchev–Trinajstić information content (AvgIpc) is 3.05. The maximum absolute atomic E-state index is 12.4. The van der Waals surface area contributed by atoms with Crippen LogP contribution in [-0.4, -0.2) is 61.4 Å². The zero-order valence-corrected chi connectivity index (χ0v) is 26.4. The van der Waals surface area contributed by atoms with E-state index in [1.165, 1.54) is 25.0 Å². The van der Waals surface area contributed by atoms with E-state index in [1.807, 2.05) is 36.4 Å². The van der Waals surface area contributed by atoms with Crippen LogP contribution in [0.3, 0.4) is 0 Å². The van der Waals surface area contributed by atoms with Crippen LogP contribution in [0.5, 0.6) is 11.5 Å². The highest BCUT2D eigenvalue weighted by atomic mass is 16.7. The summed E-state index contributed by atoms with van der Waals surface area (Å²) in [7, 11) is 3.31. The fourth-order valence-corrected chi connectivity index (χ4v) is 5.95. The first-order valence-electron chi connectivity index (χ1n) is 15.2. The van der Waals surface area contributed by atoms with Gasteiger partial charge in [-0.3, -0.25) is 14.5 Å². The van der Waals surface area contributed by atoms with Crippen molar-refractivity contribution < 1.29 is 38.4 Å². The van der Waals surface area contributed by atoms with Crippen molar-refractivity contribution in [3.05, 3.63) is 88.5 Å². The van der Waals surface area contributed by atoms with Crippen LogP contribution in [0.1, 0.15) is 61.0 Å². The topological polar surface area (TPSA) is 116 Å². The number of methoxy groups -OCH3 is 2. The molecule has 1 saturated heterocycles. The van der Waals surface area contributed by atoms with E-state index < -0.39 is 24.3 Å². The Morgan fingerprint density at radius 2 is 1.62 bits per heavy atom. The molecule has 2 heterocycles. The van der Waals surface area contributed by atoms with Crippen LogP contribution in [0.15, 0.2) is 60.7 Å². The maximum atomic E-state index is 12.4. The van der Waals surface area contributed by atoms with Gasteiger partial charge in [0, 0.05) is 43.7 Å². The molecule has 0 aliphatic carbocycles. The van der Waals surface area contributed by atoms with Crippen molar-refractivity contribution in [3.63, 3.8) is 0 Å². The molecule has 0 unspecified atom stereocenters. The number of benzene rings is 3. The second kappa shape index (κ2) is 14.4. The predicted octanol–water partition coefficient (Wildman–Crippen LogP) is 4.94. The van der Waals surface area contributed by atoms with Crippen molar-refractivity contribution in [1.82, 2.24) is 4.90 Å². The van der Waals surface area contributed by atoms with Gasteiger partial charge >= 0.3 is 5.97 Å². The summed E-state index contributed by atoms with van der Waals surface area (Å²) in [6, 6.07) is 19.3. The summed E-state index contributed by atoms with van der Waals surface area (Å²) in [4.78, 5) is 26.0. The SMILES string of the molecule is COc1cc2c(cc1OC)CN(C[C@H]1O[C@@H](c3ccc(NC(=O)[C@H](C)OC(C)=O)cc3)O[C@@H](c3ccc(CO)cc3)[C@H]1C)CC2. The van der Waals surface area contributed by atoms with Crippen molar-refractivity contribution in [1.29, 1.82) is 0 Å². The first-order valence-corrected chi connectivity index (χ1v) is 15.2. The highest BCUT2D eigenvalue weighted by molar-refractivity contribution is 5.94. The van der Waals surface area contributed by atoms with Crippen LogP contribution in [0.4, 0.5) is 5.69 Å². The Hall–Kier alpha value is -3.96. The first kappa shape index (κ1) is 32.4. The van der Waals surface area contributed by atoms with Crippen molar-refractivity contribution in [2.24, 2.45) is 5.92 Å². The molecule has 0 bridgehead atoms. The van der Waals surface area contributed by atoms with Crippen molar-refractivity contribution in [2.45, 2.75) is 64.9 Å². The predicted molar refractivity (Wildman–Crippen MR) is 168 cm³/mol. The number of carbonyl (C=O) groups is 2. The number of anilines is 1. The van der Waals surface area contributed by atoms with Gasteiger partial charge in [0.05, 0.1) is 33.0 Å². The third-order valence-electron chi connectivity index (χ3n) is 8.52. The zero-order chi connectivity index (χ0) is 32.1. The summed E-state index contributed by atoms with van der Waals surface area (Å²) in [5.41, 5.74) is 5.72. The zero-order valence-electron chi connectivity index (χ0n) is 26.4. The minimum absolute atomic E-state index is 0.0225. The molecule has 45 heavy (non-hydrogen) atoms. The molecule has 0 saturated carbocycles. The highest BCUT2D eigenvalue weighted by Gasteiger charge is 2.39. The molecule has 2 aliphatic heterocycles. The lowest BCUT2D eigenvalue weighted by Gasteiger charge is -2.43. The van der Waals surface area contributed by atoms with Crippen LogP contribution in [-0.2, 0) is 43.4 Å². The second-order valence-electron chi connectivity index (χ2n) is 11.6. The fourth-order valence-electron chi connectivity index (χ4n) is 5.95. The van der Waals surface area contributed by atoms with Gasteiger partial charge in [-0.05, 0) is 59.9 Å². The van der Waals surface area contributed by atoms with Gasteiger partial charge in [0.2, 0.25) is 0 Å². The molecule has 3 aromatic carbocycles. The normalized spacial score (nSPS) is 22.2. The third-order valence-corrected chi connectivity index (χ3v) is 8.52. The number of nitrogens with zero attached hydrogens (tertiary/aromatic N) is 1. The minimum Gasteiger partial charge on any atom is -0.493 e. The van der Waals surface area contributed by atoms with Gasteiger partial charge in [0.25, 0.3) is 5.91 Å². The Labute approximate surface area is 264 Å². The van der Waals surface area contributed by atoms with Crippen molar-refractivity contribution >= 4 is 17.6 Å². The molecular formula is C35H42N2O8. The summed E-state index contributed by atoms with van der Waals surface area (Å²) >= 11 is 0. The number of hydrogen-bond acceptors (Lipinski definition) is 9. The Morgan fingerprint density at radius 1 is 0.978 bits per heavy atom. The van der Waals surface area contributed by atoms with Crippen LogP contribution in [0.25, 0.3) is 0 Å². The van der Waals surface area contributed by atoms with Gasteiger partial charge in [-0.25, -0.2) is 0 Å². The number of esters is 1. The van der Waals surface area contributed by atoms with E-state index in [0.717, 1.165) is 47.7 Å². The van der Waals surface area contributed by atoms with Gasteiger partial charge in [-0.2, -0.15) is 0 Å². The molecule has 1 fully saturated rings. The largest absolute Gasteiger partial charge is 0.493 e. The van der Waals surface area contributed by atoms with E-state index in [2.05, 4.69) is 29.3 Å². The molecule has 2 N–H and O–H groups in total. The van der Waals surface area contributed by atoms with E-state index >= 15 is 0 Å². The van der Waals surface area contributed by atoms with Crippen LogP contribution in [0.2, 0.25) is 0 Å². The van der Waals surface area contributed by atoms with Gasteiger partial charge < -0.3 is 34.1 Å². The summed E-state index contributed by atoms with van der Waals surface area (Å²) in [5, 5.41) is 12.3. The van der Waals surface area contributed by atoms with Gasteiger partial charge in [-0.15, -0.1) is 0 Å². The van der Waals surface area contributed by atoms with Crippen molar-refractivity contribution in [3.8, 4) is 11.5 Å². The van der Waals surface area contributed by atoms with Gasteiger partial charge in [-0.1, -0.05) is 43.3 Å². The summed E-state index contributed by atoms with van der Waals surface area (Å²) in [5.74, 6) is 0.573. The third kappa shape index (κ3) is 7.65. The smallest absolute Gasteiger partial charge is 0.303 e. The standard InChI is InChI=1S/C35H42N2O8/c1-21-32(19-37-15-14-27-16-30(41-4)31(42-5)17-28(27)18-37)44-35(45-33(21)25-8-6-24(20-38)7-9-25)26-10-12-29(13-11-26)36-34(40)22(2)43-23(3)39/h6-13,16-17,21-22,32-33,35,38H,14-15,18-20H2,1-5H3,(H,36,40)/t21-,22-,32+,33+,35+/m0/s1. The molecule has 3 aromatic rings. The molecule has 0 aromatic heterocycles. The second-order valence-corrected chi connectivity index (χ2v) is 11.6. The van der Waals surface area contributed by atoms with Crippen molar-refractivity contribution in [2.75, 3.05) is 32.6 Å². The quantitative estimate of drug-likeness (QED) is 0.305. The number of hydrogen-bond donors (Lipinski definition) is 2. The Bertz CT molecular complexity index is 1480. The lowest BCUT2D eigenvalue weighted by atomic mass is 9.89. The van der Waals surface area contributed by atoms with Crippen LogP contribution < -0.4 is 14.8 Å². The summed E-state index contributed by atoms with van der Waals surface area (Å²) in [6.45, 7) is 7.29. The molecule has 2 aliphatic rings. The number of aliphatic hydroxyl groups excluding tert-OH is 1. The lowest BCUT2D eigenvalue weighted by molar-refractivity contribution is -0.276. The number of rotatable bonds is 10. The molecule has 5 rings (SSSR count). The van der Waals surface area contributed by atoms with Gasteiger partial charge in [0.1, 0.15) is 0 Å². The number of nitrogens with one attached hydrogen (secondary N) is 1. The lowest BCUT2D eigenvalue weighted by Crippen LogP contribution is -2.45. The summed E-state index contributed by atoms with van der Waals surface area (Å²) < 4.78 is 29.3. The number of amides is 1. The van der Waals surface area contributed by atoms with E-state index in [1.54, 1.807) is 26.4 Å². The van der Waals surface area contributed by atoms with Crippen LogP contribution in [0, 0.1) is 5.92 Å². The average molecular weight is 619 g/mol. The van der Waals surface area contributed by atoms with E-state index in [0.29, 0.717) is 12.2 Å². The monoisotopic (exact) mass is 618 g/mol. The first-order chi connectivity index (χ1) is 21.7. The Morgan fingerprint density at radius 3 is 2.24 bits per heavy atom. The van der Waals surface area contributed by atoms with Crippen LogP contribution >= 0.6 is 0 Å². The Balaban J connectivity index is 1.35. The molecule has 10 heteroatoms. The summed E-state index contributed by atoms with van der Waals surface area (Å²) in [6.07, 6.45) is -1.03. The van der Waals surface area contributed by atoms with E-state index in [-0.39, 0.29) is 24.7 Å². The Kier molecular flexibility index (Phi) is 10.4. The fraction of sp³-hybridized carbons (Fsp3) is 0.429. The van der Waals surface area contributed by atoms with E-state index in [9.17, 15) is 14.7 Å². The highest BCUT2D eigenvalue weighted by Crippen LogP contribution is 2.42. The molecule has 5 atom stereocenters. The number of carbonyl (C=O) groups excluding carboxylic acids is 2. The molecule has 0 spiro atoms. The van der Waals surface area contributed by atoms with Gasteiger partial charge in [0.15, 0.2) is 23.9 Å². The molecule has 1 amide bonds. The van der Waals surface area contributed by atoms with E-state index in [4.69, 9.17) is 23.7 Å². The number of fused-ring (bicyclic) bond motifs is 1.